The molecule has 0 aliphatic rings. The van der Waals surface area contributed by atoms with Crippen LogP contribution in [0.25, 0.3) is 10.9 Å². The number of ether oxygens (including phenoxy) is 1. The van der Waals surface area contributed by atoms with Gasteiger partial charge in [-0.15, -0.1) is 0 Å². The number of H-pyrrole nitrogens is 1. The van der Waals surface area contributed by atoms with Gasteiger partial charge >= 0.3 is 0 Å². The molecule has 0 saturated carbocycles. The number of aromatic amines is 1. The van der Waals surface area contributed by atoms with Crippen molar-refractivity contribution in [2.24, 2.45) is 5.92 Å². The molecule has 5 N–H and O–H groups in total. The van der Waals surface area contributed by atoms with Crippen LogP contribution < -0.4 is 20.9 Å². The van der Waals surface area contributed by atoms with Gasteiger partial charge in [-0.2, -0.15) is 0 Å². The van der Waals surface area contributed by atoms with E-state index in [1.165, 1.54) is 6.07 Å². The van der Waals surface area contributed by atoms with Crippen molar-refractivity contribution in [3.05, 3.63) is 106 Å². The number of hydrogen-bond acceptors (Lipinski definition) is 7. The fraction of sp³-hybridized carbons (Fsp3) is 0.303. The Morgan fingerprint density at radius 3 is 2.42 bits per heavy atom. The normalized spacial score (nSPS) is 12.2. The first-order chi connectivity index (χ1) is 21.8. The van der Waals surface area contributed by atoms with E-state index in [0.29, 0.717) is 24.8 Å². The molecule has 1 aromatic heterocycles. The van der Waals surface area contributed by atoms with Gasteiger partial charge in [0.1, 0.15) is 11.8 Å². The highest BCUT2D eigenvalue weighted by Gasteiger charge is 2.28. The van der Waals surface area contributed by atoms with E-state index in [2.05, 4.69) is 15.6 Å². The number of carbonyl (C=O) groups is 3. The zero-order chi connectivity index (χ0) is 32.2. The molecule has 0 aliphatic heterocycles. The predicted octanol–water partition coefficient (Wildman–Crippen LogP) is 4.01. The fourth-order valence-electron chi connectivity index (χ4n) is 5.30. The number of aromatic nitrogens is 1. The van der Waals surface area contributed by atoms with Crippen LogP contribution in [0.5, 0.6) is 5.75 Å². The van der Waals surface area contributed by atoms with Crippen molar-refractivity contribution in [1.82, 2.24) is 21.1 Å². The number of nitrogens with one attached hydrogen (secondary N) is 4. The molecule has 1 heterocycles. The van der Waals surface area contributed by atoms with Gasteiger partial charge in [0, 0.05) is 54.0 Å². The van der Waals surface area contributed by atoms with Crippen LogP contribution in [0.15, 0.2) is 79.0 Å². The fourth-order valence-corrected chi connectivity index (χ4v) is 5.30. The molecular formula is C33H37N5O7. The highest BCUT2D eigenvalue weighted by Crippen LogP contribution is 2.22. The van der Waals surface area contributed by atoms with E-state index in [1.54, 1.807) is 37.0 Å². The van der Waals surface area contributed by atoms with E-state index >= 15 is 0 Å². The summed E-state index contributed by atoms with van der Waals surface area (Å²) in [6, 6.07) is 20.5. The number of fused-ring (bicyclic) bond motifs is 1. The minimum Gasteiger partial charge on any atom is -0.497 e. The molecule has 0 unspecified atom stereocenters. The largest absolute Gasteiger partial charge is 0.497 e. The Morgan fingerprint density at radius 2 is 1.69 bits per heavy atom. The number of amides is 3. The Kier molecular flexibility index (Phi) is 11.6. The zero-order valence-corrected chi connectivity index (χ0v) is 25.0. The number of nitro groups is 1. The van der Waals surface area contributed by atoms with Gasteiger partial charge in [-0.1, -0.05) is 48.5 Å². The number of hydroxylamine groups is 1. The lowest BCUT2D eigenvalue weighted by molar-refractivity contribution is -0.385. The Hall–Kier alpha value is -5.23. The third-order valence-electron chi connectivity index (χ3n) is 7.72. The number of nitro benzene ring substituents is 1. The monoisotopic (exact) mass is 615 g/mol. The van der Waals surface area contributed by atoms with E-state index in [4.69, 9.17) is 9.94 Å². The minimum atomic E-state index is -0.997. The first-order valence-electron chi connectivity index (χ1n) is 14.7. The maximum Gasteiger partial charge on any atom is 0.272 e. The Balaban J connectivity index is 1.47. The van der Waals surface area contributed by atoms with E-state index < -0.39 is 34.6 Å². The SMILES string of the molecule is COc1ccc(CCC[C@@H](CC(=O)NO)C(=O)N[C@H](Cc2c[nH]c3ccccc23)C(=O)NCCc2ccccc2[N+](=O)[O-])cc1. The number of hydrogen-bond donors (Lipinski definition) is 5. The topological polar surface area (TPSA) is 176 Å². The standard InChI is InChI=1S/C33H37N5O7/c1-45-26-15-13-22(14-16-26)7-6-9-24(20-31(39)37-42)32(40)36-29(19-25-21-35-28-11-4-3-10-27(25)28)33(41)34-18-17-23-8-2-5-12-30(23)38(43)44/h2-5,8,10-16,21,24,29,35,42H,6-7,9,17-20H2,1H3,(H,34,41)(H,36,40)(H,37,39)/t24-,29+/m0/s1. The predicted molar refractivity (Wildman–Crippen MR) is 168 cm³/mol. The molecule has 2 atom stereocenters. The van der Waals surface area contributed by atoms with Crippen LogP contribution in [0.4, 0.5) is 5.69 Å². The summed E-state index contributed by atoms with van der Waals surface area (Å²) in [6.07, 6.45) is 3.49. The second-order valence-corrected chi connectivity index (χ2v) is 10.7. The van der Waals surface area contributed by atoms with Crippen molar-refractivity contribution in [2.45, 2.75) is 44.6 Å². The van der Waals surface area contributed by atoms with Crippen molar-refractivity contribution in [3.8, 4) is 5.75 Å². The number of methoxy groups -OCH3 is 1. The molecule has 3 amide bonds. The van der Waals surface area contributed by atoms with Crippen molar-refractivity contribution in [2.75, 3.05) is 13.7 Å². The van der Waals surface area contributed by atoms with E-state index in [9.17, 15) is 24.5 Å². The average Bonchev–Trinajstić information content (AvgIpc) is 3.46. The second kappa shape index (κ2) is 16.0. The second-order valence-electron chi connectivity index (χ2n) is 10.7. The van der Waals surface area contributed by atoms with Crippen LogP contribution in [0.2, 0.25) is 0 Å². The lowest BCUT2D eigenvalue weighted by Crippen LogP contribution is -2.50. The van der Waals surface area contributed by atoms with Crippen LogP contribution in [-0.2, 0) is 33.6 Å². The summed E-state index contributed by atoms with van der Waals surface area (Å²) in [5, 5.41) is 27.1. The van der Waals surface area contributed by atoms with Gasteiger partial charge in [0.2, 0.25) is 17.7 Å². The zero-order valence-electron chi connectivity index (χ0n) is 25.0. The van der Waals surface area contributed by atoms with Crippen LogP contribution >= 0.6 is 0 Å². The summed E-state index contributed by atoms with van der Waals surface area (Å²) >= 11 is 0. The number of rotatable bonds is 16. The molecule has 0 saturated heterocycles. The molecule has 236 valence electrons. The molecule has 0 bridgehead atoms. The Bertz CT molecular complexity index is 1620. The van der Waals surface area contributed by atoms with Crippen LogP contribution in [0.1, 0.15) is 36.0 Å². The number of benzene rings is 3. The van der Waals surface area contributed by atoms with Crippen molar-refractivity contribution < 1.29 is 29.3 Å². The molecule has 3 aromatic carbocycles. The lowest BCUT2D eigenvalue weighted by Gasteiger charge is -2.22. The summed E-state index contributed by atoms with van der Waals surface area (Å²) in [5.41, 5.74) is 4.77. The first kappa shape index (κ1) is 32.7. The van der Waals surface area contributed by atoms with E-state index in [0.717, 1.165) is 27.8 Å². The summed E-state index contributed by atoms with van der Waals surface area (Å²) in [6.45, 7) is 0.113. The highest BCUT2D eigenvalue weighted by atomic mass is 16.6. The molecule has 4 rings (SSSR count). The van der Waals surface area contributed by atoms with Crippen LogP contribution in [-0.4, -0.2) is 52.5 Å². The van der Waals surface area contributed by atoms with Gasteiger partial charge in [-0.25, -0.2) is 5.48 Å². The third-order valence-corrected chi connectivity index (χ3v) is 7.72. The molecule has 0 radical (unpaired) electrons. The van der Waals surface area contributed by atoms with Gasteiger partial charge in [0.25, 0.3) is 5.69 Å². The molecular weight excluding hydrogens is 578 g/mol. The maximum atomic E-state index is 13.6. The van der Waals surface area contributed by atoms with Gasteiger partial charge in [0.15, 0.2) is 0 Å². The first-order valence-corrected chi connectivity index (χ1v) is 14.7. The number of nitrogens with zero attached hydrogens (tertiary/aromatic N) is 1. The number of carbonyl (C=O) groups excluding carboxylic acids is 3. The van der Waals surface area contributed by atoms with Crippen molar-refractivity contribution >= 4 is 34.3 Å². The summed E-state index contributed by atoms with van der Waals surface area (Å²) < 4.78 is 5.20. The summed E-state index contributed by atoms with van der Waals surface area (Å²) in [7, 11) is 1.59. The molecule has 45 heavy (non-hydrogen) atoms. The molecule has 12 nitrogen and oxygen atoms in total. The summed E-state index contributed by atoms with van der Waals surface area (Å²) in [5.74, 6) is -1.73. The Labute approximate surface area is 260 Å². The molecule has 0 spiro atoms. The maximum absolute atomic E-state index is 13.6. The lowest BCUT2D eigenvalue weighted by atomic mass is 9.94. The van der Waals surface area contributed by atoms with Gasteiger partial charge in [-0.05, 0) is 55.0 Å². The summed E-state index contributed by atoms with van der Waals surface area (Å²) in [4.78, 5) is 53.3. The molecule has 0 aliphatic carbocycles. The number of aryl methyl sites for hydroxylation is 1. The van der Waals surface area contributed by atoms with Crippen molar-refractivity contribution in [1.29, 1.82) is 0 Å². The van der Waals surface area contributed by atoms with Crippen LogP contribution in [0.3, 0.4) is 0 Å². The number of para-hydroxylation sites is 2. The highest BCUT2D eigenvalue weighted by molar-refractivity contribution is 5.91. The van der Waals surface area contributed by atoms with Gasteiger partial charge < -0.3 is 20.4 Å². The molecule has 12 heteroatoms. The molecule has 4 aromatic rings. The van der Waals surface area contributed by atoms with Crippen molar-refractivity contribution in [3.63, 3.8) is 0 Å². The van der Waals surface area contributed by atoms with E-state index in [1.807, 2.05) is 48.5 Å². The Morgan fingerprint density at radius 1 is 0.956 bits per heavy atom. The minimum absolute atomic E-state index is 0.0324. The van der Waals surface area contributed by atoms with E-state index in [-0.39, 0.29) is 31.5 Å². The quantitative estimate of drug-likeness (QED) is 0.0719. The third kappa shape index (κ3) is 9.13. The average molecular weight is 616 g/mol. The van der Waals surface area contributed by atoms with Gasteiger partial charge in [0.05, 0.1) is 12.0 Å². The molecule has 0 fully saturated rings. The van der Waals surface area contributed by atoms with Crippen LogP contribution in [0, 0.1) is 16.0 Å². The van der Waals surface area contributed by atoms with Gasteiger partial charge in [-0.3, -0.25) is 29.7 Å². The smallest absolute Gasteiger partial charge is 0.272 e.